The highest BCUT2D eigenvalue weighted by molar-refractivity contribution is 14.1. The fourth-order valence-electron chi connectivity index (χ4n) is 2.36. The summed E-state index contributed by atoms with van der Waals surface area (Å²) in [5, 5.41) is 0. The number of methoxy groups -OCH3 is 1. The molecule has 1 amide bonds. The minimum atomic E-state index is -0.0842. The van der Waals surface area contributed by atoms with Gasteiger partial charge < -0.3 is 4.74 Å². The zero-order valence-corrected chi connectivity index (χ0v) is 18.1. The van der Waals surface area contributed by atoms with Crippen LogP contribution in [0.2, 0.25) is 0 Å². The molecule has 25 heavy (non-hydrogen) atoms. The number of thioether (sulfide) groups is 2. The van der Waals surface area contributed by atoms with E-state index in [0.29, 0.717) is 9.23 Å². The Balaban J connectivity index is 1.91. The molecule has 0 N–H and O–H groups in total. The van der Waals surface area contributed by atoms with Gasteiger partial charge >= 0.3 is 0 Å². The first-order valence-electron chi connectivity index (χ1n) is 7.29. The van der Waals surface area contributed by atoms with E-state index in [9.17, 15) is 4.79 Å². The van der Waals surface area contributed by atoms with Crippen molar-refractivity contribution in [1.29, 1.82) is 0 Å². The number of carbonyl (C=O) groups is 1. The SMILES string of the molecule is COc1ccc(/C=C2\SC(=S)N(c3cccc(SC)c3)C2=O)cc1I. The number of halogens is 1. The molecule has 1 fully saturated rings. The monoisotopic (exact) mass is 499 g/mol. The molecule has 0 saturated carbocycles. The van der Waals surface area contributed by atoms with Crippen molar-refractivity contribution in [3.63, 3.8) is 0 Å². The summed E-state index contributed by atoms with van der Waals surface area (Å²) in [5.74, 6) is 0.734. The first kappa shape index (κ1) is 18.8. The Morgan fingerprint density at radius 1 is 1.28 bits per heavy atom. The van der Waals surface area contributed by atoms with E-state index in [-0.39, 0.29) is 5.91 Å². The summed E-state index contributed by atoms with van der Waals surface area (Å²) in [6.07, 6.45) is 3.88. The minimum absolute atomic E-state index is 0.0842. The van der Waals surface area contributed by atoms with Crippen LogP contribution in [0.4, 0.5) is 5.69 Å². The number of ether oxygens (including phenoxy) is 1. The summed E-state index contributed by atoms with van der Waals surface area (Å²) >= 11 is 10.6. The molecular weight excluding hydrogens is 485 g/mol. The van der Waals surface area contributed by atoms with Crippen molar-refractivity contribution in [3.8, 4) is 5.75 Å². The zero-order chi connectivity index (χ0) is 18.0. The van der Waals surface area contributed by atoms with Gasteiger partial charge in [0.2, 0.25) is 0 Å². The number of rotatable bonds is 4. The highest BCUT2D eigenvalue weighted by Gasteiger charge is 2.33. The van der Waals surface area contributed by atoms with E-state index in [2.05, 4.69) is 22.6 Å². The van der Waals surface area contributed by atoms with Crippen LogP contribution >= 0.6 is 58.3 Å². The molecule has 3 rings (SSSR count). The van der Waals surface area contributed by atoms with Gasteiger partial charge in [-0.1, -0.05) is 36.1 Å². The largest absolute Gasteiger partial charge is 0.496 e. The van der Waals surface area contributed by atoms with E-state index in [1.807, 2.05) is 54.8 Å². The lowest BCUT2D eigenvalue weighted by Gasteiger charge is -2.15. The predicted molar refractivity (Wildman–Crippen MR) is 120 cm³/mol. The Kier molecular flexibility index (Phi) is 6.08. The lowest BCUT2D eigenvalue weighted by Crippen LogP contribution is -2.27. The molecule has 2 aromatic rings. The minimum Gasteiger partial charge on any atom is -0.496 e. The second-order valence-corrected chi connectivity index (χ2v) is 8.83. The number of anilines is 1. The smallest absolute Gasteiger partial charge is 0.270 e. The number of thiocarbonyl (C=S) groups is 1. The fourth-order valence-corrected chi connectivity index (χ4v) is 4.88. The van der Waals surface area contributed by atoms with E-state index in [4.69, 9.17) is 17.0 Å². The van der Waals surface area contributed by atoms with Crippen LogP contribution in [0.1, 0.15) is 5.56 Å². The second-order valence-electron chi connectivity index (χ2n) is 5.11. The molecular formula is C18H14INO2S3. The predicted octanol–water partition coefficient (Wildman–Crippen LogP) is 5.43. The van der Waals surface area contributed by atoms with Crippen molar-refractivity contribution in [1.82, 2.24) is 0 Å². The molecule has 0 aliphatic carbocycles. The third-order valence-corrected chi connectivity index (χ3v) is 6.45. The number of hydrogen-bond acceptors (Lipinski definition) is 5. The maximum Gasteiger partial charge on any atom is 0.270 e. The molecule has 1 aliphatic heterocycles. The van der Waals surface area contributed by atoms with Gasteiger partial charge in [0, 0.05) is 4.90 Å². The molecule has 0 atom stereocenters. The van der Waals surface area contributed by atoms with Crippen LogP contribution in [-0.2, 0) is 4.79 Å². The maximum atomic E-state index is 12.8. The highest BCUT2D eigenvalue weighted by atomic mass is 127. The number of hydrogen-bond donors (Lipinski definition) is 0. The molecule has 2 aromatic carbocycles. The average Bonchev–Trinajstić information content (AvgIpc) is 2.88. The molecule has 0 spiro atoms. The van der Waals surface area contributed by atoms with Gasteiger partial charge in [-0.2, -0.15) is 0 Å². The molecule has 1 aliphatic rings. The fraction of sp³-hybridized carbons (Fsp3) is 0.111. The molecule has 128 valence electrons. The maximum absolute atomic E-state index is 12.8. The third kappa shape index (κ3) is 4.05. The van der Waals surface area contributed by atoms with Crippen LogP contribution < -0.4 is 9.64 Å². The van der Waals surface area contributed by atoms with Crippen LogP contribution in [0, 0.1) is 3.57 Å². The van der Waals surface area contributed by atoms with Gasteiger partial charge in [-0.3, -0.25) is 9.69 Å². The van der Waals surface area contributed by atoms with Gasteiger partial charge in [-0.25, -0.2) is 0 Å². The molecule has 0 unspecified atom stereocenters. The van der Waals surface area contributed by atoms with Gasteiger partial charge in [-0.05, 0) is 70.8 Å². The Morgan fingerprint density at radius 3 is 2.76 bits per heavy atom. The van der Waals surface area contributed by atoms with Crippen molar-refractivity contribution < 1.29 is 9.53 Å². The van der Waals surface area contributed by atoms with Crippen LogP contribution in [0.5, 0.6) is 5.75 Å². The number of amides is 1. The normalized spacial score (nSPS) is 16.0. The molecule has 1 saturated heterocycles. The Bertz CT molecular complexity index is 882. The summed E-state index contributed by atoms with van der Waals surface area (Å²) in [7, 11) is 1.64. The van der Waals surface area contributed by atoms with Crippen molar-refractivity contribution in [3.05, 3.63) is 56.5 Å². The highest BCUT2D eigenvalue weighted by Crippen LogP contribution is 2.37. The molecule has 3 nitrogen and oxygen atoms in total. The van der Waals surface area contributed by atoms with Crippen molar-refractivity contribution in [2.75, 3.05) is 18.3 Å². The van der Waals surface area contributed by atoms with Crippen molar-refractivity contribution in [2.24, 2.45) is 0 Å². The third-order valence-electron chi connectivity index (χ3n) is 3.58. The average molecular weight is 499 g/mol. The first-order valence-corrected chi connectivity index (χ1v) is 10.8. The van der Waals surface area contributed by atoms with Gasteiger partial charge in [0.1, 0.15) is 5.75 Å². The van der Waals surface area contributed by atoms with Crippen LogP contribution in [0.15, 0.2) is 52.3 Å². The van der Waals surface area contributed by atoms with E-state index < -0.39 is 0 Å². The standard InChI is InChI=1S/C18H14INO2S3/c1-22-15-7-6-11(8-14(15)19)9-16-17(21)20(18(23)25-16)12-4-3-5-13(10-12)24-2/h3-10H,1-2H3/b16-9-. The van der Waals surface area contributed by atoms with Gasteiger partial charge in [-0.15, -0.1) is 11.8 Å². The molecule has 0 aromatic heterocycles. The van der Waals surface area contributed by atoms with Crippen LogP contribution in [-0.4, -0.2) is 23.6 Å². The molecule has 0 bridgehead atoms. The van der Waals surface area contributed by atoms with Crippen LogP contribution in [0.25, 0.3) is 6.08 Å². The molecule has 1 heterocycles. The second kappa shape index (κ2) is 8.11. The topological polar surface area (TPSA) is 29.5 Å². The van der Waals surface area contributed by atoms with Crippen molar-refractivity contribution in [2.45, 2.75) is 4.90 Å². The Hall–Kier alpha value is -1.03. The number of benzene rings is 2. The number of carbonyl (C=O) groups excluding carboxylic acids is 1. The summed E-state index contributed by atoms with van der Waals surface area (Å²) in [5.41, 5.74) is 1.76. The van der Waals surface area contributed by atoms with Gasteiger partial charge in [0.05, 0.1) is 21.3 Å². The summed E-state index contributed by atoms with van der Waals surface area (Å²) < 4.78 is 6.82. The molecule has 0 radical (unpaired) electrons. The Labute approximate surface area is 174 Å². The lowest BCUT2D eigenvalue weighted by molar-refractivity contribution is -0.113. The zero-order valence-electron chi connectivity index (χ0n) is 13.5. The summed E-state index contributed by atoms with van der Waals surface area (Å²) in [6.45, 7) is 0. The first-order chi connectivity index (χ1) is 12.0. The Morgan fingerprint density at radius 2 is 2.08 bits per heavy atom. The van der Waals surface area contributed by atoms with Gasteiger partial charge in [0.15, 0.2) is 4.32 Å². The van der Waals surface area contributed by atoms with E-state index in [0.717, 1.165) is 25.5 Å². The van der Waals surface area contributed by atoms with Crippen molar-refractivity contribution >= 4 is 80.3 Å². The van der Waals surface area contributed by atoms with Gasteiger partial charge in [0.25, 0.3) is 5.91 Å². The molecule has 7 heteroatoms. The number of nitrogens with zero attached hydrogens (tertiary/aromatic N) is 1. The lowest BCUT2D eigenvalue weighted by atomic mass is 10.2. The van der Waals surface area contributed by atoms with E-state index in [1.54, 1.807) is 23.8 Å². The van der Waals surface area contributed by atoms with Crippen LogP contribution in [0.3, 0.4) is 0 Å². The summed E-state index contributed by atoms with van der Waals surface area (Å²) in [4.78, 5) is 16.2. The summed E-state index contributed by atoms with van der Waals surface area (Å²) in [6, 6.07) is 13.7. The van der Waals surface area contributed by atoms with E-state index >= 15 is 0 Å². The quantitative estimate of drug-likeness (QED) is 0.242. The van der Waals surface area contributed by atoms with E-state index in [1.165, 1.54) is 11.8 Å².